The number of aliphatic hydroxyl groups excluding tert-OH is 2. The lowest BCUT2D eigenvalue weighted by molar-refractivity contribution is -0.357. The molecule has 0 radical (unpaired) electrons. The van der Waals surface area contributed by atoms with Gasteiger partial charge >= 0.3 is 0 Å². The van der Waals surface area contributed by atoms with E-state index < -0.39 is 77.2 Å². The third-order valence-electron chi connectivity index (χ3n) is 13.7. The number of aliphatic carboxylic acids is 1. The number of carbonyl (C=O) groups is 1. The standard InChI is InChI=1S/C37H62O12.H3N/c1-19-15-20(2)35(8,42)47-31(19)26-9-10-28(44-26)33(6)12-11-29(46-33)34(7)13-14-36(49-34)17-25(39)21(3)32(48-36)22(4)27-16-24(38)23(5)37(43,45-27)18-30(40)41;/h19-29,31-32,38-39,42-43H,9-18H2,1-8H3,(H,40,41);1H3/t19-,20+,21+,22-,23+,24-,25-,26?,27?,28?,29?,31?,32?,33-,34-,35-,36+,37-;/m0./s1. The number of hydrogen-bond donors (Lipinski definition) is 5. The third kappa shape index (κ3) is 7.28. The van der Waals surface area contributed by atoms with Crippen molar-refractivity contribution >= 4 is 5.97 Å². The van der Waals surface area contributed by atoms with Crippen LogP contribution < -0.4 is 11.3 Å². The van der Waals surface area contributed by atoms with Gasteiger partial charge in [0.25, 0.3) is 0 Å². The van der Waals surface area contributed by atoms with Crippen LogP contribution in [0.3, 0.4) is 0 Å². The molecule has 0 aromatic carbocycles. The molecule has 6 aliphatic rings. The van der Waals surface area contributed by atoms with Gasteiger partial charge in [-0.15, -0.1) is 0 Å². The maximum atomic E-state index is 11.4. The van der Waals surface area contributed by atoms with Gasteiger partial charge in [-0.2, -0.15) is 0 Å². The van der Waals surface area contributed by atoms with Crippen LogP contribution in [-0.2, 0) is 33.2 Å². The molecule has 0 aromatic heterocycles. The molecule has 13 heteroatoms. The van der Waals surface area contributed by atoms with Gasteiger partial charge < -0.3 is 64.9 Å². The van der Waals surface area contributed by atoms with E-state index in [1.807, 2.05) is 20.8 Å². The van der Waals surface area contributed by atoms with Crippen molar-refractivity contribution in [3.05, 3.63) is 0 Å². The van der Waals surface area contributed by atoms with Crippen molar-refractivity contribution in [1.29, 1.82) is 0 Å². The molecule has 6 heterocycles. The second-order valence-corrected chi connectivity index (χ2v) is 17.5. The lowest BCUT2D eigenvalue weighted by Crippen LogP contribution is -2.60. The van der Waals surface area contributed by atoms with Crippen molar-refractivity contribution in [2.45, 2.75) is 197 Å². The van der Waals surface area contributed by atoms with Gasteiger partial charge in [0.2, 0.25) is 0 Å². The van der Waals surface area contributed by atoms with E-state index >= 15 is 0 Å². The Morgan fingerprint density at radius 3 is 2.24 bits per heavy atom. The number of quaternary nitrogens is 1. The summed E-state index contributed by atoms with van der Waals surface area (Å²) in [6, 6.07) is 0. The van der Waals surface area contributed by atoms with E-state index in [1.54, 1.807) is 13.8 Å². The van der Waals surface area contributed by atoms with E-state index in [0.29, 0.717) is 19.3 Å². The van der Waals surface area contributed by atoms with Crippen molar-refractivity contribution in [2.24, 2.45) is 29.6 Å². The Bertz CT molecular complexity index is 1220. The molecule has 0 bridgehead atoms. The molecule has 13 nitrogen and oxygen atoms in total. The van der Waals surface area contributed by atoms with Crippen LogP contribution in [0, 0.1) is 29.6 Å². The minimum Gasteiger partial charge on any atom is -0.550 e. The van der Waals surface area contributed by atoms with Crippen molar-refractivity contribution in [2.75, 3.05) is 0 Å². The molecule has 6 unspecified atom stereocenters. The van der Waals surface area contributed by atoms with E-state index in [-0.39, 0.29) is 54.7 Å². The van der Waals surface area contributed by atoms with E-state index in [4.69, 9.17) is 28.4 Å². The van der Waals surface area contributed by atoms with Crippen LogP contribution in [0.15, 0.2) is 0 Å². The predicted octanol–water partition coefficient (Wildman–Crippen LogP) is 2.92. The Morgan fingerprint density at radius 1 is 0.860 bits per heavy atom. The summed E-state index contributed by atoms with van der Waals surface area (Å²) >= 11 is 0. The van der Waals surface area contributed by atoms with Gasteiger partial charge in [-0.3, -0.25) is 0 Å². The topological polar surface area (TPSA) is 213 Å². The molecule has 18 atom stereocenters. The van der Waals surface area contributed by atoms with Crippen molar-refractivity contribution < 1.29 is 58.7 Å². The van der Waals surface area contributed by atoms with Crippen LogP contribution in [-0.4, -0.2) is 104 Å². The minimum absolute atomic E-state index is 0. The maximum Gasteiger partial charge on any atom is 0.176 e. The Labute approximate surface area is 297 Å². The molecule has 0 aliphatic carbocycles. The maximum absolute atomic E-state index is 11.4. The SMILES string of the molecule is C[C@@H](C1C[C@H](O)[C@@H](C)[C@](O)(CC(=O)[O-])O1)C1O[C@@]2(CC[C@@](C)(C3CC[C@@](C)(C4CCC(C5O[C@](C)(O)[C@H](C)C[C@@H]5C)O4)O3)O2)C[C@H](O)[C@H]1C.[NH4+]. The molecular weight excluding hydrogens is 650 g/mol. The quantitative estimate of drug-likeness (QED) is 0.258. The lowest BCUT2D eigenvalue weighted by Gasteiger charge is -2.51. The van der Waals surface area contributed by atoms with Crippen molar-refractivity contribution in [3.8, 4) is 0 Å². The number of aliphatic hydroxyl groups is 4. The average Bonchev–Trinajstić information content (AvgIpc) is 3.74. The van der Waals surface area contributed by atoms with Crippen LogP contribution >= 0.6 is 0 Å². The Morgan fingerprint density at radius 2 is 1.56 bits per heavy atom. The van der Waals surface area contributed by atoms with Crippen LogP contribution in [0.2, 0.25) is 0 Å². The zero-order valence-electron chi connectivity index (χ0n) is 31.6. The fourth-order valence-corrected chi connectivity index (χ4v) is 9.98. The highest BCUT2D eigenvalue weighted by atomic mass is 16.7. The zero-order valence-corrected chi connectivity index (χ0v) is 31.6. The summed E-state index contributed by atoms with van der Waals surface area (Å²) in [5.74, 6) is -6.97. The largest absolute Gasteiger partial charge is 0.550 e. The Kier molecular flexibility index (Phi) is 11.3. The van der Waals surface area contributed by atoms with Crippen LogP contribution in [0.4, 0.5) is 0 Å². The predicted molar refractivity (Wildman–Crippen MR) is 179 cm³/mol. The first kappa shape index (κ1) is 40.2. The van der Waals surface area contributed by atoms with Gasteiger partial charge in [0.1, 0.15) is 0 Å². The molecule has 50 heavy (non-hydrogen) atoms. The molecule has 8 N–H and O–H groups in total. The van der Waals surface area contributed by atoms with E-state index in [2.05, 4.69) is 20.8 Å². The third-order valence-corrected chi connectivity index (χ3v) is 13.7. The molecule has 6 saturated heterocycles. The molecule has 290 valence electrons. The smallest absolute Gasteiger partial charge is 0.176 e. The second kappa shape index (κ2) is 14.0. The van der Waals surface area contributed by atoms with Gasteiger partial charge in [0.05, 0.1) is 60.0 Å². The number of hydrogen-bond acceptors (Lipinski definition) is 12. The Balaban J connectivity index is 0.00000486. The van der Waals surface area contributed by atoms with Crippen molar-refractivity contribution in [3.63, 3.8) is 0 Å². The molecule has 0 saturated carbocycles. The van der Waals surface area contributed by atoms with Crippen LogP contribution in [0.5, 0.6) is 0 Å². The summed E-state index contributed by atoms with van der Waals surface area (Å²) in [6.45, 7) is 15.5. The monoisotopic (exact) mass is 715 g/mol. The zero-order chi connectivity index (χ0) is 35.9. The molecule has 1 spiro atoms. The lowest BCUT2D eigenvalue weighted by atomic mass is 9.76. The van der Waals surface area contributed by atoms with E-state index in [1.165, 1.54) is 0 Å². The molecule has 6 fully saturated rings. The fourth-order valence-electron chi connectivity index (χ4n) is 9.98. The van der Waals surface area contributed by atoms with E-state index in [9.17, 15) is 30.3 Å². The number of carboxylic acids is 1. The summed E-state index contributed by atoms with van der Waals surface area (Å²) < 4.78 is 39.4. The highest BCUT2D eigenvalue weighted by molar-refractivity contribution is 5.65. The second-order valence-electron chi connectivity index (χ2n) is 17.5. The summed E-state index contributed by atoms with van der Waals surface area (Å²) in [6.07, 6.45) is 1.56. The van der Waals surface area contributed by atoms with E-state index in [0.717, 1.165) is 32.1 Å². The minimum atomic E-state index is -2.08. The van der Waals surface area contributed by atoms with Gasteiger partial charge in [-0.1, -0.05) is 34.6 Å². The highest BCUT2D eigenvalue weighted by Crippen LogP contribution is 2.54. The van der Waals surface area contributed by atoms with Crippen LogP contribution in [0.1, 0.15) is 120 Å². The molecule has 6 aliphatic heterocycles. The first-order chi connectivity index (χ1) is 22.7. The number of carbonyl (C=O) groups excluding carboxylic acids is 1. The van der Waals surface area contributed by atoms with Crippen molar-refractivity contribution in [1.82, 2.24) is 6.15 Å². The van der Waals surface area contributed by atoms with Gasteiger partial charge in [-0.25, -0.2) is 0 Å². The first-order valence-corrected chi connectivity index (χ1v) is 18.8. The average molecular weight is 716 g/mol. The Hall–Kier alpha value is -0.970. The fraction of sp³-hybridized carbons (Fsp3) is 0.973. The normalized spacial score (nSPS) is 54.8. The highest BCUT2D eigenvalue weighted by Gasteiger charge is 2.61. The summed E-state index contributed by atoms with van der Waals surface area (Å²) in [4.78, 5) is 11.4. The number of carboxylic acid groups (broad SMARTS) is 1. The molecule has 0 amide bonds. The summed E-state index contributed by atoms with van der Waals surface area (Å²) in [5, 5.41) is 55.5. The van der Waals surface area contributed by atoms with Gasteiger partial charge in [0, 0.05) is 55.3 Å². The first-order valence-electron chi connectivity index (χ1n) is 18.8. The molecule has 6 rings (SSSR count). The summed E-state index contributed by atoms with van der Waals surface area (Å²) in [7, 11) is 0. The van der Waals surface area contributed by atoms with Gasteiger partial charge in [-0.05, 0) is 65.2 Å². The molecule has 0 aromatic rings. The summed E-state index contributed by atoms with van der Waals surface area (Å²) in [5.41, 5.74) is -1.17. The number of ether oxygens (including phenoxy) is 6. The molecular formula is C37H65NO12. The van der Waals surface area contributed by atoms with Crippen LogP contribution in [0.25, 0.3) is 0 Å². The van der Waals surface area contributed by atoms with Gasteiger partial charge in [0.15, 0.2) is 17.4 Å². The number of rotatable bonds is 7.